The Morgan fingerprint density at radius 3 is 2.50 bits per heavy atom. The van der Waals surface area contributed by atoms with E-state index in [2.05, 4.69) is 14.7 Å². The second-order valence-corrected chi connectivity index (χ2v) is 7.89. The predicted molar refractivity (Wildman–Crippen MR) is 86.0 cm³/mol. The molecule has 1 N–H and O–H groups in total. The third kappa shape index (κ3) is 6.40. The van der Waals surface area contributed by atoms with Crippen molar-refractivity contribution >= 4 is 27.4 Å². The van der Waals surface area contributed by atoms with Crippen molar-refractivity contribution in [2.75, 3.05) is 10.5 Å². The molecule has 0 radical (unpaired) electrons. The number of aliphatic imine (C=N–C) groups is 1. The van der Waals surface area contributed by atoms with Gasteiger partial charge in [0.1, 0.15) is 5.69 Å². The number of halogens is 3. The molecule has 0 bridgehead atoms. The van der Waals surface area contributed by atoms with E-state index in [9.17, 15) is 26.7 Å². The maximum absolute atomic E-state index is 12.9. The summed E-state index contributed by atoms with van der Waals surface area (Å²) in [7, 11) is -3.77. The van der Waals surface area contributed by atoms with Crippen LogP contribution in [0.25, 0.3) is 0 Å². The number of hydrogen-bond acceptors (Lipinski definition) is 5. The number of rotatable bonds is 5. The summed E-state index contributed by atoms with van der Waals surface area (Å²) < 4.78 is 64.1. The van der Waals surface area contributed by atoms with E-state index >= 15 is 0 Å². The van der Waals surface area contributed by atoms with E-state index in [1.165, 1.54) is 6.92 Å². The van der Waals surface area contributed by atoms with Crippen LogP contribution in [-0.2, 0) is 16.2 Å². The van der Waals surface area contributed by atoms with Gasteiger partial charge < -0.3 is 5.11 Å². The van der Waals surface area contributed by atoms with Crippen LogP contribution in [0.3, 0.4) is 0 Å². The van der Waals surface area contributed by atoms with Crippen LogP contribution in [0.2, 0.25) is 0 Å². The number of anilines is 1. The quantitative estimate of drug-likeness (QED) is 0.421. The fourth-order valence-corrected chi connectivity index (χ4v) is 3.15. The summed E-state index contributed by atoms with van der Waals surface area (Å²) in [6.07, 6.45) is -0.166. The number of pyridine rings is 1. The summed E-state index contributed by atoms with van der Waals surface area (Å²) in [5.74, 6) is -1.55. The van der Waals surface area contributed by atoms with Gasteiger partial charge in [-0.2, -0.15) is 13.2 Å². The summed E-state index contributed by atoms with van der Waals surface area (Å²) in [6.45, 7) is 1.37. The number of nitrogens with one attached hydrogen (secondary N) is 1. The van der Waals surface area contributed by atoms with Gasteiger partial charge in [-0.15, -0.1) is 0 Å². The third-order valence-electron chi connectivity index (χ3n) is 4.01. The van der Waals surface area contributed by atoms with E-state index in [1.54, 1.807) is 0 Å². The first-order chi connectivity index (χ1) is 11.6. The molecular formula is C15H19F3N3NaO3S. The SMILES string of the molecule is CCS(=O)(=O)Nc1ncc(C(F)(F)F)cc1N=C([O-])C1CCCCC1.[Na+]. The van der Waals surface area contributed by atoms with Gasteiger partial charge in [0.25, 0.3) is 0 Å². The van der Waals surface area contributed by atoms with Crippen molar-refractivity contribution in [1.82, 2.24) is 4.98 Å². The van der Waals surface area contributed by atoms with E-state index in [1.807, 2.05) is 0 Å². The number of nitrogens with zero attached hydrogens (tertiary/aromatic N) is 2. The van der Waals surface area contributed by atoms with E-state index in [0.717, 1.165) is 19.3 Å². The molecule has 0 saturated heterocycles. The molecule has 1 aromatic heterocycles. The maximum atomic E-state index is 12.9. The van der Waals surface area contributed by atoms with E-state index < -0.39 is 33.3 Å². The molecule has 1 aliphatic carbocycles. The molecule has 6 nitrogen and oxygen atoms in total. The molecule has 0 spiro atoms. The minimum Gasteiger partial charge on any atom is -0.861 e. The van der Waals surface area contributed by atoms with Crippen LogP contribution >= 0.6 is 0 Å². The van der Waals surface area contributed by atoms with Crippen LogP contribution in [0.4, 0.5) is 24.7 Å². The Balaban J connectivity index is 0.00000338. The Bertz CT molecular complexity index is 748. The molecule has 1 heterocycles. The van der Waals surface area contributed by atoms with Crippen molar-refractivity contribution in [3.05, 3.63) is 17.8 Å². The van der Waals surface area contributed by atoms with E-state index in [-0.39, 0.29) is 47.0 Å². The predicted octanol–water partition coefficient (Wildman–Crippen LogP) is -0.163. The van der Waals surface area contributed by atoms with Gasteiger partial charge in [0, 0.05) is 6.20 Å². The largest absolute Gasteiger partial charge is 1.00 e. The van der Waals surface area contributed by atoms with Gasteiger partial charge in [0.2, 0.25) is 10.0 Å². The van der Waals surface area contributed by atoms with E-state index in [4.69, 9.17) is 0 Å². The number of sulfonamides is 1. The van der Waals surface area contributed by atoms with Crippen molar-refractivity contribution in [2.45, 2.75) is 45.2 Å². The standard InChI is InChI=1S/C15H20F3N3O3S.Na/c1-2-25(23,24)21-13-12(8-11(9-19-13)15(16,17)18)20-14(22)10-6-4-3-5-7-10;/h8-10H,2-7H2,1H3,(H,19,21)(H,20,22);/q;+1/p-1. The molecule has 140 valence electrons. The Morgan fingerprint density at radius 1 is 1.35 bits per heavy atom. The minimum atomic E-state index is -4.67. The summed E-state index contributed by atoms with van der Waals surface area (Å²) in [5, 5.41) is 12.3. The molecule has 11 heteroatoms. The van der Waals surface area contributed by atoms with Crippen molar-refractivity contribution in [2.24, 2.45) is 10.9 Å². The summed E-state index contributed by atoms with van der Waals surface area (Å²) in [6, 6.07) is 0.640. The normalized spacial score (nSPS) is 16.8. The van der Waals surface area contributed by atoms with Gasteiger partial charge in [0.05, 0.1) is 11.3 Å². The molecule has 0 atom stereocenters. The molecule has 0 aromatic carbocycles. The molecule has 1 aliphatic rings. The molecular weight excluding hydrogens is 382 g/mol. The van der Waals surface area contributed by atoms with Crippen molar-refractivity contribution in [3.63, 3.8) is 0 Å². The molecule has 0 unspecified atom stereocenters. The zero-order chi connectivity index (χ0) is 18.7. The van der Waals surface area contributed by atoms with Crippen molar-refractivity contribution in [3.8, 4) is 0 Å². The third-order valence-corrected chi connectivity index (χ3v) is 5.28. The maximum Gasteiger partial charge on any atom is 1.00 e. The Labute approximate surface area is 172 Å². The Morgan fingerprint density at radius 2 is 1.96 bits per heavy atom. The topological polar surface area (TPSA) is 94.5 Å². The molecule has 26 heavy (non-hydrogen) atoms. The van der Waals surface area contributed by atoms with E-state index in [0.29, 0.717) is 25.1 Å². The molecule has 0 amide bonds. The van der Waals surface area contributed by atoms with Gasteiger partial charge >= 0.3 is 35.7 Å². The fraction of sp³-hybridized carbons (Fsp3) is 0.600. The van der Waals surface area contributed by atoms with Gasteiger partial charge in [-0.25, -0.2) is 13.4 Å². The molecule has 2 rings (SSSR count). The van der Waals surface area contributed by atoms with Gasteiger partial charge in [-0.1, -0.05) is 19.3 Å². The number of alkyl halides is 3. The second kappa shape index (κ2) is 9.38. The number of aromatic nitrogens is 1. The Hall–Kier alpha value is -0.840. The van der Waals surface area contributed by atoms with Gasteiger partial charge in [0.15, 0.2) is 5.82 Å². The minimum absolute atomic E-state index is 0. The number of hydrogen-bond donors (Lipinski definition) is 1. The first-order valence-corrected chi connectivity index (χ1v) is 9.61. The molecule has 1 saturated carbocycles. The monoisotopic (exact) mass is 401 g/mol. The van der Waals surface area contributed by atoms with Crippen LogP contribution in [0, 0.1) is 5.92 Å². The molecule has 1 fully saturated rings. The smallest absolute Gasteiger partial charge is 0.861 e. The average molecular weight is 401 g/mol. The van der Waals surface area contributed by atoms with Gasteiger partial charge in [-0.3, -0.25) is 9.71 Å². The van der Waals surface area contributed by atoms with Crippen LogP contribution in [0.15, 0.2) is 17.3 Å². The van der Waals surface area contributed by atoms with Crippen LogP contribution in [0.5, 0.6) is 0 Å². The fourth-order valence-electron chi connectivity index (χ4n) is 2.55. The zero-order valence-corrected chi connectivity index (χ0v) is 17.5. The zero-order valence-electron chi connectivity index (χ0n) is 14.6. The first-order valence-electron chi connectivity index (χ1n) is 7.95. The van der Waals surface area contributed by atoms with Crippen molar-refractivity contribution in [1.29, 1.82) is 0 Å². The van der Waals surface area contributed by atoms with Gasteiger partial charge in [-0.05, 0) is 37.6 Å². The van der Waals surface area contributed by atoms with Crippen LogP contribution < -0.4 is 39.4 Å². The Kier molecular flexibility index (Phi) is 8.37. The summed E-state index contributed by atoms with van der Waals surface area (Å²) >= 11 is 0. The molecule has 0 aliphatic heterocycles. The first kappa shape index (κ1) is 23.2. The summed E-state index contributed by atoms with van der Waals surface area (Å²) in [4.78, 5) is 7.27. The van der Waals surface area contributed by atoms with Crippen LogP contribution in [-0.4, -0.2) is 25.1 Å². The van der Waals surface area contributed by atoms with Crippen molar-refractivity contribution < 1.29 is 56.3 Å². The van der Waals surface area contributed by atoms with Crippen LogP contribution in [0.1, 0.15) is 44.6 Å². The second-order valence-electron chi connectivity index (χ2n) is 5.88. The summed E-state index contributed by atoms with van der Waals surface area (Å²) in [5.41, 5.74) is -1.51. The average Bonchev–Trinajstić information content (AvgIpc) is 2.56. The molecule has 1 aromatic rings.